The van der Waals surface area contributed by atoms with Crippen molar-refractivity contribution in [3.63, 3.8) is 0 Å². The molecule has 4 heteroatoms. The number of amides is 1. The van der Waals surface area contributed by atoms with Crippen LogP contribution in [0.25, 0.3) is 0 Å². The number of nitrogens with one attached hydrogen (secondary N) is 1. The Kier molecular flexibility index (Phi) is 5.12. The molecule has 1 fully saturated rings. The van der Waals surface area contributed by atoms with Gasteiger partial charge in [-0.25, -0.2) is 4.39 Å². The Bertz CT molecular complexity index is 470. The number of aryl methyl sites for hydroxylation is 1. The summed E-state index contributed by atoms with van der Waals surface area (Å²) in [6.07, 6.45) is 3.76. The van der Waals surface area contributed by atoms with Crippen LogP contribution >= 0.6 is 0 Å². The second kappa shape index (κ2) is 6.84. The Morgan fingerprint density at radius 1 is 1.35 bits per heavy atom. The van der Waals surface area contributed by atoms with E-state index in [1.54, 1.807) is 12.1 Å². The molecule has 1 saturated heterocycles. The van der Waals surface area contributed by atoms with Crippen molar-refractivity contribution in [3.05, 3.63) is 35.1 Å². The van der Waals surface area contributed by atoms with Gasteiger partial charge in [0, 0.05) is 12.6 Å². The van der Waals surface area contributed by atoms with Crippen LogP contribution in [-0.2, 0) is 0 Å². The van der Waals surface area contributed by atoms with Crippen LogP contribution < -0.4 is 5.32 Å². The van der Waals surface area contributed by atoms with E-state index in [-0.39, 0.29) is 17.5 Å². The second-order valence-corrected chi connectivity index (χ2v) is 5.72. The van der Waals surface area contributed by atoms with Crippen molar-refractivity contribution in [2.75, 3.05) is 19.6 Å². The topological polar surface area (TPSA) is 32.3 Å². The molecule has 1 aliphatic rings. The predicted molar refractivity (Wildman–Crippen MR) is 78.4 cm³/mol. The molecule has 0 aliphatic carbocycles. The van der Waals surface area contributed by atoms with Crippen LogP contribution in [0.15, 0.2) is 18.2 Å². The molecule has 1 aliphatic heterocycles. The summed E-state index contributed by atoms with van der Waals surface area (Å²) < 4.78 is 13.7. The summed E-state index contributed by atoms with van der Waals surface area (Å²) in [5.41, 5.74) is 1.02. The molecule has 1 aromatic carbocycles. The highest BCUT2D eigenvalue weighted by atomic mass is 19.1. The third-order valence-corrected chi connectivity index (χ3v) is 3.72. The van der Waals surface area contributed by atoms with E-state index in [0.29, 0.717) is 0 Å². The molecule has 1 unspecified atom stereocenters. The molecule has 1 aromatic rings. The fourth-order valence-electron chi connectivity index (χ4n) is 2.69. The summed E-state index contributed by atoms with van der Waals surface area (Å²) >= 11 is 0. The Balaban J connectivity index is 1.91. The standard InChI is InChI=1S/C16H23FN2O/c1-12-6-7-15(17)14(10-12)16(20)18-13(2)11-19-8-4-3-5-9-19/h6-7,10,13H,3-5,8-9,11H2,1-2H3,(H,18,20). The minimum Gasteiger partial charge on any atom is -0.348 e. The average Bonchev–Trinajstić information content (AvgIpc) is 2.42. The zero-order valence-electron chi connectivity index (χ0n) is 12.3. The summed E-state index contributed by atoms with van der Waals surface area (Å²) in [5, 5.41) is 2.89. The van der Waals surface area contributed by atoms with Gasteiger partial charge in [-0.1, -0.05) is 18.1 Å². The number of nitrogens with zero attached hydrogens (tertiary/aromatic N) is 1. The van der Waals surface area contributed by atoms with Gasteiger partial charge < -0.3 is 10.2 Å². The predicted octanol–water partition coefficient (Wildman–Crippen LogP) is 2.74. The zero-order chi connectivity index (χ0) is 14.5. The highest BCUT2D eigenvalue weighted by molar-refractivity contribution is 5.94. The van der Waals surface area contributed by atoms with Crippen molar-refractivity contribution in [1.82, 2.24) is 10.2 Å². The Morgan fingerprint density at radius 2 is 2.05 bits per heavy atom. The monoisotopic (exact) mass is 278 g/mol. The Labute approximate surface area is 120 Å². The molecule has 1 heterocycles. The number of likely N-dealkylation sites (tertiary alicyclic amines) is 1. The van der Waals surface area contributed by atoms with Crippen LogP contribution in [0.4, 0.5) is 4.39 Å². The number of carbonyl (C=O) groups excluding carboxylic acids is 1. The van der Waals surface area contributed by atoms with Crippen molar-refractivity contribution in [3.8, 4) is 0 Å². The molecular weight excluding hydrogens is 255 g/mol. The van der Waals surface area contributed by atoms with Crippen molar-refractivity contribution >= 4 is 5.91 Å². The van der Waals surface area contributed by atoms with Gasteiger partial charge in [0.2, 0.25) is 0 Å². The van der Waals surface area contributed by atoms with Crippen LogP contribution in [0, 0.1) is 12.7 Å². The van der Waals surface area contributed by atoms with Crippen molar-refractivity contribution in [2.24, 2.45) is 0 Å². The Morgan fingerprint density at radius 3 is 2.75 bits per heavy atom. The lowest BCUT2D eigenvalue weighted by atomic mass is 10.1. The minimum absolute atomic E-state index is 0.0283. The van der Waals surface area contributed by atoms with Crippen LogP contribution in [0.3, 0.4) is 0 Å². The first-order valence-electron chi connectivity index (χ1n) is 7.35. The van der Waals surface area contributed by atoms with E-state index >= 15 is 0 Å². The van der Waals surface area contributed by atoms with Gasteiger partial charge >= 0.3 is 0 Å². The van der Waals surface area contributed by atoms with Gasteiger partial charge in [-0.2, -0.15) is 0 Å². The zero-order valence-corrected chi connectivity index (χ0v) is 12.3. The number of carbonyl (C=O) groups is 1. The fraction of sp³-hybridized carbons (Fsp3) is 0.562. The molecule has 0 bridgehead atoms. The lowest BCUT2D eigenvalue weighted by Gasteiger charge is -2.29. The van der Waals surface area contributed by atoms with Crippen molar-refractivity contribution in [1.29, 1.82) is 0 Å². The van der Waals surface area contributed by atoms with Gasteiger partial charge in [0.25, 0.3) is 5.91 Å². The number of rotatable bonds is 4. The first-order valence-corrected chi connectivity index (χ1v) is 7.35. The highest BCUT2D eigenvalue weighted by Crippen LogP contribution is 2.11. The average molecular weight is 278 g/mol. The Hall–Kier alpha value is -1.42. The van der Waals surface area contributed by atoms with E-state index in [9.17, 15) is 9.18 Å². The quantitative estimate of drug-likeness (QED) is 0.918. The SMILES string of the molecule is Cc1ccc(F)c(C(=O)NC(C)CN2CCCCC2)c1. The lowest BCUT2D eigenvalue weighted by molar-refractivity contribution is 0.0921. The summed E-state index contributed by atoms with van der Waals surface area (Å²) in [4.78, 5) is 14.5. The van der Waals surface area contributed by atoms with Gasteiger partial charge in [0.1, 0.15) is 5.82 Å². The third-order valence-electron chi connectivity index (χ3n) is 3.72. The largest absolute Gasteiger partial charge is 0.348 e. The van der Waals surface area contributed by atoms with E-state index < -0.39 is 5.82 Å². The summed E-state index contributed by atoms with van der Waals surface area (Å²) in [6.45, 7) is 6.85. The molecule has 0 radical (unpaired) electrons. The van der Waals surface area contributed by atoms with E-state index in [1.165, 1.54) is 25.3 Å². The first kappa shape index (κ1) is 15.0. The fourth-order valence-corrected chi connectivity index (χ4v) is 2.69. The van der Waals surface area contributed by atoms with Gasteiger partial charge in [0.05, 0.1) is 5.56 Å². The van der Waals surface area contributed by atoms with Gasteiger partial charge in [-0.3, -0.25) is 4.79 Å². The van der Waals surface area contributed by atoms with Crippen molar-refractivity contribution < 1.29 is 9.18 Å². The molecule has 0 saturated carbocycles. The number of benzene rings is 1. The molecule has 110 valence electrons. The molecule has 1 N–H and O–H groups in total. The third kappa shape index (κ3) is 4.04. The minimum atomic E-state index is -0.460. The van der Waals surface area contributed by atoms with E-state index in [0.717, 1.165) is 25.2 Å². The van der Waals surface area contributed by atoms with Crippen LogP contribution in [-0.4, -0.2) is 36.5 Å². The summed E-state index contributed by atoms with van der Waals surface area (Å²) in [5.74, 6) is -0.783. The molecular formula is C16H23FN2O. The van der Waals surface area contributed by atoms with Crippen molar-refractivity contribution in [2.45, 2.75) is 39.2 Å². The van der Waals surface area contributed by atoms with Crippen LogP contribution in [0.1, 0.15) is 42.1 Å². The maximum atomic E-state index is 13.7. The molecule has 1 atom stereocenters. The van der Waals surface area contributed by atoms with Gasteiger partial charge in [0.15, 0.2) is 0 Å². The summed E-state index contributed by atoms with van der Waals surface area (Å²) in [7, 11) is 0. The molecule has 3 nitrogen and oxygen atoms in total. The molecule has 0 spiro atoms. The van der Waals surface area contributed by atoms with Gasteiger partial charge in [-0.05, 0) is 51.9 Å². The second-order valence-electron chi connectivity index (χ2n) is 5.72. The van der Waals surface area contributed by atoms with E-state index in [1.807, 2.05) is 13.8 Å². The molecule has 1 amide bonds. The van der Waals surface area contributed by atoms with Crippen LogP contribution in [0.5, 0.6) is 0 Å². The summed E-state index contributed by atoms with van der Waals surface area (Å²) in [6, 6.07) is 4.64. The smallest absolute Gasteiger partial charge is 0.254 e. The maximum absolute atomic E-state index is 13.7. The molecule has 0 aromatic heterocycles. The number of halogens is 1. The first-order chi connectivity index (χ1) is 9.56. The van der Waals surface area contributed by atoms with Crippen LogP contribution in [0.2, 0.25) is 0 Å². The van der Waals surface area contributed by atoms with E-state index in [2.05, 4.69) is 10.2 Å². The number of hydrogen-bond acceptors (Lipinski definition) is 2. The lowest BCUT2D eigenvalue weighted by Crippen LogP contribution is -2.43. The molecule has 20 heavy (non-hydrogen) atoms. The highest BCUT2D eigenvalue weighted by Gasteiger charge is 2.17. The number of piperidine rings is 1. The molecule has 2 rings (SSSR count). The maximum Gasteiger partial charge on any atom is 0.254 e. The normalized spacial score (nSPS) is 17.8. The van der Waals surface area contributed by atoms with Gasteiger partial charge in [-0.15, -0.1) is 0 Å². The van der Waals surface area contributed by atoms with E-state index in [4.69, 9.17) is 0 Å². The number of hydrogen-bond donors (Lipinski definition) is 1.